The second-order valence-electron chi connectivity index (χ2n) is 6.42. The molecule has 2 heterocycles. The van der Waals surface area contributed by atoms with E-state index in [-0.39, 0.29) is 12.5 Å². The Kier molecular flexibility index (Phi) is 4.50. The summed E-state index contributed by atoms with van der Waals surface area (Å²) in [6, 6.07) is 22.5. The molecule has 6 nitrogen and oxygen atoms in total. The zero-order valence-corrected chi connectivity index (χ0v) is 16.0. The van der Waals surface area contributed by atoms with Crippen LogP contribution in [0.3, 0.4) is 0 Å². The molecule has 1 aliphatic rings. The summed E-state index contributed by atoms with van der Waals surface area (Å²) in [6.45, 7) is 0.156. The van der Waals surface area contributed by atoms with Crippen LogP contribution in [0.5, 0.6) is 23.0 Å². The second kappa shape index (κ2) is 7.44. The van der Waals surface area contributed by atoms with Crippen molar-refractivity contribution in [1.29, 1.82) is 0 Å². The molecule has 0 fully saturated rings. The lowest BCUT2D eigenvalue weighted by Gasteiger charge is -2.25. The van der Waals surface area contributed by atoms with Gasteiger partial charge in [0.1, 0.15) is 18.1 Å². The Labute approximate surface area is 170 Å². The Balaban J connectivity index is 1.30. The molecule has 29 heavy (non-hydrogen) atoms. The summed E-state index contributed by atoms with van der Waals surface area (Å²) in [4.78, 5) is 17.1. The van der Waals surface area contributed by atoms with Crippen molar-refractivity contribution in [2.24, 2.45) is 0 Å². The summed E-state index contributed by atoms with van der Waals surface area (Å²) >= 11 is 1.38. The first-order chi connectivity index (χ1) is 14.2. The smallest absolute Gasteiger partial charge is 0.270 e. The molecular formula is C22H16N2O4S. The van der Waals surface area contributed by atoms with Gasteiger partial charge in [-0.2, -0.15) is 0 Å². The van der Waals surface area contributed by atoms with E-state index in [4.69, 9.17) is 14.2 Å². The van der Waals surface area contributed by atoms with Crippen LogP contribution in [0.4, 0.5) is 5.13 Å². The van der Waals surface area contributed by atoms with Crippen LogP contribution in [-0.4, -0.2) is 23.6 Å². The zero-order valence-electron chi connectivity index (χ0n) is 15.2. The third-order valence-corrected chi connectivity index (χ3v) is 5.30. The average molecular weight is 404 g/mol. The molecule has 0 saturated carbocycles. The number of amides is 1. The van der Waals surface area contributed by atoms with Crippen molar-refractivity contribution in [3.63, 3.8) is 0 Å². The number of hydrogen-bond donors (Lipinski definition) is 1. The summed E-state index contributed by atoms with van der Waals surface area (Å²) in [6.07, 6.45) is -0.728. The number of aromatic nitrogens is 1. The molecule has 5 rings (SSSR count). The molecule has 1 atom stereocenters. The van der Waals surface area contributed by atoms with Crippen LogP contribution < -0.4 is 19.5 Å². The van der Waals surface area contributed by atoms with Crippen molar-refractivity contribution in [2.45, 2.75) is 6.10 Å². The zero-order chi connectivity index (χ0) is 19.6. The van der Waals surface area contributed by atoms with Crippen LogP contribution >= 0.6 is 11.3 Å². The number of thiazole rings is 1. The van der Waals surface area contributed by atoms with Gasteiger partial charge in [-0.1, -0.05) is 41.7 Å². The molecule has 0 spiro atoms. The van der Waals surface area contributed by atoms with Crippen LogP contribution in [0.15, 0.2) is 72.8 Å². The number of carbonyl (C=O) groups excluding carboxylic acids is 1. The lowest BCUT2D eigenvalue weighted by atomic mass is 10.2. The number of carbonyl (C=O) groups is 1. The lowest BCUT2D eigenvalue weighted by Crippen LogP contribution is -2.40. The maximum Gasteiger partial charge on any atom is 0.270 e. The number of rotatable bonds is 4. The van der Waals surface area contributed by atoms with Gasteiger partial charge in [-0.05, 0) is 36.4 Å². The summed E-state index contributed by atoms with van der Waals surface area (Å²) in [5, 5.41) is 3.33. The first-order valence-corrected chi connectivity index (χ1v) is 9.89. The third-order valence-electron chi connectivity index (χ3n) is 4.37. The molecule has 3 aromatic carbocycles. The summed E-state index contributed by atoms with van der Waals surface area (Å²) < 4.78 is 18.1. The van der Waals surface area contributed by atoms with E-state index in [0.717, 1.165) is 16.0 Å². The number of para-hydroxylation sites is 3. The highest BCUT2D eigenvalue weighted by molar-refractivity contribution is 7.22. The Bertz CT molecular complexity index is 1180. The van der Waals surface area contributed by atoms with Gasteiger partial charge in [0.05, 0.1) is 10.2 Å². The molecule has 7 heteroatoms. The Morgan fingerprint density at radius 3 is 2.66 bits per heavy atom. The third kappa shape index (κ3) is 3.72. The second-order valence-corrected chi connectivity index (χ2v) is 7.45. The van der Waals surface area contributed by atoms with Crippen molar-refractivity contribution >= 4 is 32.6 Å². The van der Waals surface area contributed by atoms with Crippen LogP contribution in [-0.2, 0) is 4.79 Å². The molecule has 144 valence electrons. The predicted molar refractivity (Wildman–Crippen MR) is 111 cm³/mol. The molecule has 0 radical (unpaired) electrons. The van der Waals surface area contributed by atoms with Gasteiger partial charge in [0, 0.05) is 6.07 Å². The number of benzene rings is 3. The number of ether oxygens (including phenoxy) is 3. The first kappa shape index (κ1) is 17.5. The summed E-state index contributed by atoms with van der Waals surface area (Å²) in [5.74, 6) is 2.39. The van der Waals surface area contributed by atoms with Crippen molar-refractivity contribution < 1.29 is 19.0 Å². The van der Waals surface area contributed by atoms with E-state index in [2.05, 4.69) is 10.3 Å². The normalized spacial score (nSPS) is 15.1. The molecule has 1 unspecified atom stereocenters. The van der Waals surface area contributed by atoms with E-state index in [1.165, 1.54) is 11.3 Å². The quantitative estimate of drug-likeness (QED) is 0.526. The van der Waals surface area contributed by atoms with Crippen molar-refractivity contribution in [3.05, 3.63) is 72.8 Å². The van der Waals surface area contributed by atoms with Crippen LogP contribution in [0.25, 0.3) is 10.2 Å². The van der Waals surface area contributed by atoms with E-state index >= 15 is 0 Å². The van der Waals surface area contributed by atoms with Crippen molar-refractivity contribution in [1.82, 2.24) is 4.98 Å². The minimum absolute atomic E-state index is 0.156. The Morgan fingerprint density at radius 1 is 1.00 bits per heavy atom. The number of hydrogen-bond acceptors (Lipinski definition) is 6. The van der Waals surface area contributed by atoms with Crippen molar-refractivity contribution in [3.8, 4) is 23.0 Å². The molecule has 0 aliphatic carbocycles. The molecule has 1 amide bonds. The van der Waals surface area contributed by atoms with E-state index in [1.807, 2.05) is 66.7 Å². The molecule has 1 aromatic heterocycles. The number of nitrogens with one attached hydrogen (secondary N) is 1. The van der Waals surface area contributed by atoms with Gasteiger partial charge in [0.25, 0.3) is 5.91 Å². The molecule has 0 bridgehead atoms. The van der Waals surface area contributed by atoms with Gasteiger partial charge < -0.3 is 14.2 Å². The van der Waals surface area contributed by atoms with E-state index < -0.39 is 6.10 Å². The summed E-state index contributed by atoms with van der Waals surface area (Å²) in [5.41, 5.74) is 0.789. The van der Waals surface area contributed by atoms with Gasteiger partial charge in [-0.15, -0.1) is 0 Å². The summed E-state index contributed by atoms with van der Waals surface area (Å²) in [7, 11) is 0. The van der Waals surface area contributed by atoms with Crippen LogP contribution in [0.1, 0.15) is 0 Å². The van der Waals surface area contributed by atoms with Gasteiger partial charge >= 0.3 is 0 Å². The highest BCUT2D eigenvalue weighted by Crippen LogP contribution is 2.33. The highest BCUT2D eigenvalue weighted by atomic mass is 32.1. The van der Waals surface area contributed by atoms with Gasteiger partial charge in [0.15, 0.2) is 16.6 Å². The average Bonchev–Trinajstić information content (AvgIpc) is 3.15. The van der Waals surface area contributed by atoms with Gasteiger partial charge in [0.2, 0.25) is 6.10 Å². The van der Waals surface area contributed by atoms with E-state index in [0.29, 0.717) is 22.4 Å². The maximum absolute atomic E-state index is 12.6. The van der Waals surface area contributed by atoms with Crippen LogP contribution in [0, 0.1) is 0 Å². The number of nitrogens with zero attached hydrogens (tertiary/aromatic N) is 1. The fraction of sp³-hybridized carbons (Fsp3) is 0.0909. The first-order valence-electron chi connectivity index (χ1n) is 9.07. The van der Waals surface area contributed by atoms with E-state index in [1.54, 1.807) is 6.07 Å². The fourth-order valence-corrected chi connectivity index (χ4v) is 3.88. The Morgan fingerprint density at radius 2 is 1.79 bits per heavy atom. The standard InChI is InChI=1S/C22H16N2O4S/c25-21(19-13-26-17-8-4-5-9-18(17)28-19)24-22-23-16-11-10-15(12-20(16)29-22)27-14-6-2-1-3-7-14/h1-12,19H,13H2,(H,23,24,25). The SMILES string of the molecule is O=C(Nc1nc2ccc(Oc3ccccc3)cc2s1)C1COc2ccccc2O1. The highest BCUT2D eigenvalue weighted by Gasteiger charge is 2.28. The molecule has 4 aromatic rings. The predicted octanol–water partition coefficient (Wildman–Crippen LogP) is 4.87. The monoisotopic (exact) mass is 404 g/mol. The maximum atomic E-state index is 12.6. The molecule has 0 saturated heterocycles. The molecule has 1 N–H and O–H groups in total. The molecular weight excluding hydrogens is 388 g/mol. The topological polar surface area (TPSA) is 69.7 Å². The number of anilines is 1. The van der Waals surface area contributed by atoms with E-state index in [9.17, 15) is 4.79 Å². The fourth-order valence-electron chi connectivity index (χ4n) is 2.98. The minimum atomic E-state index is -0.728. The number of fused-ring (bicyclic) bond motifs is 2. The van der Waals surface area contributed by atoms with Crippen molar-refractivity contribution in [2.75, 3.05) is 11.9 Å². The Hall–Kier alpha value is -3.58. The largest absolute Gasteiger partial charge is 0.485 e. The van der Waals surface area contributed by atoms with Gasteiger partial charge in [-0.25, -0.2) is 4.98 Å². The van der Waals surface area contributed by atoms with Crippen LogP contribution in [0.2, 0.25) is 0 Å². The molecule has 1 aliphatic heterocycles. The van der Waals surface area contributed by atoms with Gasteiger partial charge in [-0.3, -0.25) is 10.1 Å². The minimum Gasteiger partial charge on any atom is -0.485 e. The lowest BCUT2D eigenvalue weighted by molar-refractivity contribution is -0.125.